The van der Waals surface area contributed by atoms with Gasteiger partial charge in [0.25, 0.3) is 0 Å². The second-order valence-corrected chi connectivity index (χ2v) is 5.46. The molecule has 0 bridgehead atoms. The van der Waals surface area contributed by atoms with Crippen molar-refractivity contribution in [2.75, 3.05) is 20.3 Å². The van der Waals surface area contributed by atoms with Crippen LogP contribution >= 0.6 is 11.6 Å². The molecule has 1 amide bonds. The van der Waals surface area contributed by atoms with Crippen LogP contribution in [-0.4, -0.2) is 31.5 Å². The predicted octanol–water partition coefficient (Wildman–Crippen LogP) is 2.72. The average molecular weight is 262 g/mol. The minimum atomic E-state index is -0.127. The summed E-state index contributed by atoms with van der Waals surface area (Å²) in [5, 5.41) is 2.81. The molecule has 3 nitrogen and oxygen atoms in total. The van der Waals surface area contributed by atoms with Crippen LogP contribution in [0.2, 0.25) is 0 Å². The summed E-state index contributed by atoms with van der Waals surface area (Å²) in [4.78, 5) is 12.0. The maximum absolute atomic E-state index is 12.0. The Hall–Kier alpha value is -0.280. The van der Waals surface area contributed by atoms with Crippen LogP contribution in [0, 0.1) is 5.92 Å². The fourth-order valence-electron chi connectivity index (χ4n) is 2.31. The third-order valence-electron chi connectivity index (χ3n) is 3.32. The van der Waals surface area contributed by atoms with Gasteiger partial charge in [0.1, 0.15) is 0 Å². The molecule has 0 heterocycles. The Morgan fingerprint density at radius 2 is 1.88 bits per heavy atom. The van der Waals surface area contributed by atoms with E-state index in [1.807, 2.05) is 0 Å². The van der Waals surface area contributed by atoms with Gasteiger partial charge in [-0.2, -0.15) is 0 Å². The lowest BCUT2D eigenvalue weighted by Crippen LogP contribution is -2.36. The summed E-state index contributed by atoms with van der Waals surface area (Å²) in [6, 6.07) is 0. The minimum Gasteiger partial charge on any atom is -0.383 e. The molecule has 1 aliphatic rings. The summed E-state index contributed by atoms with van der Waals surface area (Å²) in [7, 11) is 1.62. The quantitative estimate of drug-likeness (QED) is 0.773. The third kappa shape index (κ3) is 6.27. The Morgan fingerprint density at radius 1 is 1.29 bits per heavy atom. The molecule has 0 aromatic rings. The van der Waals surface area contributed by atoms with Crippen molar-refractivity contribution in [3.8, 4) is 0 Å². The first-order valence-corrected chi connectivity index (χ1v) is 7.08. The van der Waals surface area contributed by atoms with E-state index in [2.05, 4.69) is 5.32 Å². The second-order valence-electron chi connectivity index (χ2n) is 4.84. The topological polar surface area (TPSA) is 38.3 Å². The molecule has 1 atom stereocenters. The van der Waals surface area contributed by atoms with Crippen molar-refractivity contribution in [1.29, 1.82) is 0 Å². The highest BCUT2D eigenvalue weighted by atomic mass is 35.5. The molecule has 1 aliphatic carbocycles. The molecule has 0 aromatic carbocycles. The molecule has 4 heteroatoms. The molecule has 100 valence electrons. The zero-order valence-electron chi connectivity index (χ0n) is 10.7. The van der Waals surface area contributed by atoms with Crippen LogP contribution in [-0.2, 0) is 9.53 Å². The van der Waals surface area contributed by atoms with Crippen LogP contribution in [0.15, 0.2) is 0 Å². The van der Waals surface area contributed by atoms with E-state index >= 15 is 0 Å². The zero-order valence-corrected chi connectivity index (χ0v) is 11.5. The molecule has 1 saturated carbocycles. The minimum absolute atomic E-state index is 0.127. The summed E-state index contributed by atoms with van der Waals surface area (Å²) in [6.07, 6.45) is 8.29. The molecule has 0 radical (unpaired) electrons. The van der Waals surface area contributed by atoms with E-state index in [4.69, 9.17) is 16.3 Å². The number of methoxy groups -OCH3 is 1. The lowest BCUT2D eigenvalue weighted by atomic mass is 9.90. The second kappa shape index (κ2) is 8.76. The van der Waals surface area contributed by atoms with E-state index < -0.39 is 0 Å². The number of carbonyl (C=O) groups is 1. The fraction of sp³-hybridized carbons (Fsp3) is 0.923. The van der Waals surface area contributed by atoms with Crippen molar-refractivity contribution < 1.29 is 9.53 Å². The summed E-state index contributed by atoms with van der Waals surface area (Å²) >= 11 is 5.98. The molecule has 0 spiro atoms. The van der Waals surface area contributed by atoms with Crippen molar-refractivity contribution in [3.63, 3.8) is 0 Å². The van der Waals surface area contributed by atoms with Gasteiger partial charge in [0, 0.05) is 19.6 Å². The van der Waals surface area contributed by atoms with Crippen LogP contribution < -0.4 is 5.32 Å². The van der Waals surface area contributed by atoms with Crippen LogP contribution in [0.1, 0.15) is 44.9 Å². The Bertz CT molecular complexity index is 215. The van der Waals surface area contributed by atoms with E-state index in [-0.39, 0.29) is 17.2 Å². The van der Waals surface area contributed by atoms with Crippen molar-refractivity contribution >= 4 is 17.5 Å². The number of amides is 1. The van der Waals surface area contributed by atoms with Gasteiger partial charge in [-0.25, -0.2) is 0 Å². The first-order chi connectivity index (χ1) is 8.24. The largest absolute Gasteiger partial charge is 0.383 e. The van der Waals surface area contributed by atoms with Gasteiger partial charge in [-0.05, 0) is 12.8 Å². The smallest absolute Gasteiger partial charge is 0.223 e. The van der Waals surface area contributed by atoms with Crippen LogP contribution in [0.4, 0.5) is 0 Å². The first-order valence-electron chi connectivity index (χ1n) is 6.64. The van der Waals surface area contributed by atoms with E-state index in [0.29, 0.717) is 13.2 Å². The van der Waals surface area contributed by atoms with Gasteiger partial charge in [0.2, 0.25) is 5.91 Å². The molecule has 17 heavy (non-hydrogen) atoms. The zero-order chi connectivity index (χ0) is 12.5. The van der Waals surface area contributed by atoms with E-state index in [1.54, 1.807) is 7.11 Å². The fourth-order valence-corrected chi connectivity index (χ4v) is 2.52. The summed E-state index contributed by atoms with van der Waals surface area (Å²) < 4.78 is 4.93. The molecule has 1 N–H and O–H groups in total. The lowest BCUT2D eigenvalue weighted by Gasteiger charge is -2.19. The highest BCUT2D eigenvalue weighted by Gasteiger charge is 2.19. The highest BCUT2D eigenvalue weighted by Crippen LogP contribution is 2.22. The number of halogens is 1. The number of carbonyl (C=O) groups excluding carboxylic acids is 1. The molecule has 1 unspecified atom stereocenters. The third-order valence-corrected chi connectivity index (χ3v) is 3.60. The standard InChI is InChI=1S/C13H24ClNO2/c1-17-10-12(14)9-15-13(16)11-7-5-3-2-4-6-8-11/h11-12H,2-10H2,1H3,(H,15,16). The molecular weight excluding hydrogens is 238 g/mol. The van der Waals surface area contributed by atoms with Crippen molar-refractivity contribution in [1.82, 2.24) is 5.32 Å². The average Bonchev–Trinajstić information content (AvgIpc) is 2.26. The Kier molecular flexibility index (Phi) is 7.62. The Labute approximate surface area is 109 Å². The molecule has 1 rings (SSSR count). The van der Waals surface area contributed by atoms with Gasteiger partial charge in [-0.1, -0.05) is 32.1 Å². The monoisotopic (exact) mass is 261 g/mol. The molecule has 1 fully saturated rings. The van der Waals surface area contributed by atoms with Gasteiger partial charge >= 0.3 is 0 Å². The SMILES string of the molecule is COCC(Cl)CNC(=O)C1CCCCCCC1. The maximum atomic E-state index is 12.0. The predicted molar refractivity (Wildman–Crippen MR) is 70.3 cm³/mol. The highest BCUT2D eigenvalue weighted by molar-refractivity contribution is 6.21. The van der Waals surface area contributed by atoms with Gasteiger partial charge < -0.3 is 10.1 Å². The number of hydrogen-bond acceptors (Lipinski definition) is 2. The summed E-state index contributed by atoms with van der Waals surface area (Å²) in [6.45, 7) is 0.983. The number of rotatable bonds is 5. The van der Waals surface area contributed by atoms with Crippen molar-refractivity contribution in [3.05, 3.63) is 0 Å². The van der Waals surface area contributed by atoms with Crippen LogP contribution in [0.25, 0.3) is 0 Å². The summed E-state index contributed by atoms with van der Waals surface area (Å²) in [5.74, 6) is 0.371. The van der Waals surface area contributed by atoms with Gasteiger partial charge in [-0.3, -0.25) is 4.79 Å². The molecule has 0 aromatic heterocycles. The van der Waals surface area contributed by atoms with E-state index in [1.165, 1.54) is 32.1 Å². The van der Waals surface area contributed by atoms with Gasteiger partial charge in [0.05, 0.1) is 12.0 Å². The van der Waals surface area contributed by atoms with Crippen LogP contribution in [0.3, 0.4) is 0 Å². The number of nitrogens with one attached hydrogen (secondary N) is 1. The molecule has 0 saturated heterocycles. The maximum Gasteiger partial charge on any atom is 0.223 e. The Morgan fingerprint density at radius 3 is 2.47 bits per heavy atom. The van der Waals surface area contributed by atoms with Crippen LogP contribution in [0.5, 0.6) is 0 Å². The van der Waals surface area contributed by atoms with Crippen molar-refractivity contribution in [2.24, 2.45) is 5.92 Å². The van der Waals surface area contributed by atoms with Gasteiger partial charge in [-0.15, -0.1) is 11.6 Å². The van der Waals surface area contributed by atoms with E-state index in [9.17, 15) is 4.79 Å². The van der Waals surface area contributed by atoms with Gasteiger partial charge in [0.15, 0.2) is 0 Å². The van der Waals surface area contributed by atoms with Crippen molar-refractivity contribution in [2.45, 2.75) is 50.3 Å². The number of alkyl halides is 1. The Balaban J connectivity index is 2.24. The first kappa shape index (κ1) is 14.8. The lowest BCUT2D eigenvalue weighted by molar-refractivity contribution is -0.125. The molecular formula is C13H24ClNO2. The summed E-state index contributed by atoms with van der Waals surface area (Å²) in [5.41, 5.74) is 0. The molecule has 0 aliphatic heterocycles. The normalized spacial score (nSPS) is 20.4. The number of ether oxygens (including phenoxy) is 1. The van der Waals surface area contributed by atoms with E-state index in [0.717, 1.165) is 12.8 Å². The number of hydrogen-bond donors (Lipinski definition) is 1.